The Balaban J connectivity index is 2.51. The summed E-state index contributed by atoms with van der Waals surface area (Å²) in [5.74, 6) is 0. The molecule has 17 heavy (non-hydrogen) atoms. The Morgan fingerprint density at radius 1 is 1.41 bits per heavy atom. The molecule has 4 nitrogen and oxygen atoms in total. The second-order valence-electron chi connectivity index (χ2n) is 4.35. The second-order valence-corrected chi connectivity index (χ2v) is 4.35. The number of rotatable bonds is 4. The minimum absolute atomic E-state index is 0.183. The van der Waals surface area contributed by atoms with Crippen LogP contribution in [0.15, 0.2) is 10.9 Å². The Kier molecular flexibility index (Phi) is 3.74. The first-order chi connectivity index (χ1) is 8.27. The average molecular weight is 235 g/mol. The summed E-state index contributed by atoms with van der Waals surface area (Å²) in [4.78, 5) is 22.9. The SMILES string of the molecule is COCCn1c2c(cc(C=O)c1=O)CCCC2. The lowest BCUT2D eigenvalue weighted by atomic mass is 9.94. The molecule has 1 aromatic rings. The molecular weight excluding hydrogens is 218 g/mol. The van der Waals surface area contributed by atoms with Gasteiger partial charge in [0.15, 0.2) is 6.29 Å². The van der Waals surface area contributed by atoms with Crippen LogP contribution in [0.2, 0.25) is 0 Å². The smallest absolute Gasteiger partial charge is 0.261 e. The van der Waals surface area contributed by atoms with E-state index in [-0.39, 0.29) is 11.1 Å². The molecule has 4 heteroatoms. The van der Waals surface area contributed by atoms with E-state index in [2.05, 4.69) is 0 Å². The minimum Gasteiger partial charge on any atom is -0.383 e. The fourth-order valence-corrected chi connectivity index (χ4v) is 2.41. The van der Waals surface area contributed by atoms with Crippen LogP contribution in [0.3, 0.4) is 0 Å². The predicted molar refractivity (Wildman–Crippen MR) is 64.6 cm³/mol. The number of fused-ring (bicyclic) bond motifs is 1. The summed E-state index contributed by atoms with van der Waals surface area (Å²) in [6.07, 6.45) is 4.78. The number of aryl methyl sites for hydroxylation is 1. The van der Waals surface area contributed by atoms with E-state index in [1.807, 2.05) is 0 Å². The van der Waals surface area contributed by atoms with Crippen molar-refractivity contribution in [1.82, 2.24) is 4.57 Å². The van der Waals surface area contributed by atoms with Crippen molar-refractivity contribution in [3.05, 3.63) is 33.2 Å². The van der Waals surface area contributed by atoms with Gasteiger partial charge in [0.1, 0.15) is 0 Å². The third kappa shape index (κ3) is 2.31. The molecule has 0 atom stereocenters. The van der Waals surface area contributed by atoms with Crippen LogP contribution >= 0.6 is 0 Å². The number of pyridine rings is 1. The number of methoxy groups -OCH3 is 1. The van der Waals surface area contributed by atoms with E-state index in [4.69, 9.17) is 4.74 Å². The first-order valence-electron chi connectivity index (χ1n) is 5.97. The van der Waals surface area contributed by atoms with E-state index >= 15 is 0 Å². The normalized spacial score (nSPS) is 14.4. The van der Waals surface area contributed by atoms with Crippen LogP contribution in [-0.4, -0.2) is 24.6 Å². The lowest BCUT2D eigenvalue weighted by molar-refractivity contribution is 0.112. The molecule has 0 saturated carbocycles. The highest BCUT2D eigenvalue weighted by molar-refractivity contribution is 5.74. The Morgan fingerprint density at radius 3 is 2.88 bits per heavy atom. The van der Waals surface area contributed by atoms with Crippen LogP contribution in [0, 0.1) is 0 Å². The maximum Gasteiger partial charge on any atom is 0.261 e. The van der Waals surface area contributed by atoms with Gasteiger partial charge in [-0.3, -0.25) is 9.59 Å². The molecule has 0 amide bonds. The van der Waals surface area contributed by atoms with Gasteiger partial charge in [0.2, 0.25) is 0 Å². The number of aromatic nitrogens is 1. The Bertz CT molecular complexity index is 476. The quantitative estimate of drug-likeness (QED) is 0.736. The number of carbonyl (C=O) groups is 1. The number of hydrogen-bond donors (Lipinski definition) is 0. The van der Waals surface area contributed by atoms with E-state index in [1.54, 1.807) is 17.7 Å². The molecule has 0 fully saturated rings. The van der Waals surface area contributed by atoms with Gasteiger partial charge >= 0.3 is 0 Å². The van der Waals surface area contributed by atoms with E-state index in [1.165, 1.54) is 0 Å². The van der Waals surface area contributed by atoms with Gasteiger partial charge in [-0.2, -0.15) is 0 Å². The van der Waals surface area contributed by atoms with Gasteiger partial charge in [0, 0.05) is 19.3 Å². The van der Waals surface area contributed by atoms with Gasteiger partial charge in [-0.15, -0.1) is 0 Å². The van der Waals surface area contributed by atoms with Gasteiger partial charge < -0.3 is 9.30 Å². The summed E-state index contributed by atoms with van der Waals surface area (Å²) in [5, 5.41) is 0. The molecule has 0 aliphatic heterocycles. The summed E-state index contributed by atoms with van der Waals surface area (Å²) in [6, 6.07) is 1.76. The predicted octanol–water partition coefficient (Wildman–Crippen LogP) is 1.19. The van der Waals surface area contributed by atoms with Crippen LogP contribution in [-0.2, 0) is 24.1 Å². The van der Waals surface area contributed by atoms with Gasteiger partial charge in [-0.25, -0.2) is 0 Å². The van der Waals surface area contributed by atoms with Gasteiger partial charge in [0.25, 0.3) is 5.56 Å². The fraction of sp³-hybridized carbons (Fsp3) is 0.538. The Labute approximate surface area is 100 Å². The van der Waals surface area contributed by atoms with Crippen molar-refractivity contribution in [2.24, 2.45) is 0 Å². The molecule has 0 N–H and O–H groups in total. The first-order valence-corrected chi connectivity index (χ1v) is 5.97. The molecule has 2 rings (SSSR count). The van der Waals surface area contributed by atoms with Crippen LogP contribution in [0.5, 0.6) is 0 Å². The minimum atomic E-state index is -0.183. The molecular formula is C13H17NO3. The molecule has 1 aliphatic rings. The van der Waals surface area contributed by atoms with Gasteiger partial charge in [-0.05, 0) is 37.3 Å². The summed E-state index contributed by atoms with van der Waals surface area (Å²) in [7, 11) is 1.61. The Hall–Kier alpha value is -1.42. The largest absolute Gasteiger partial charge is 0.383 e. The fourth-order valence-electron chi connectivity index (χ4n) is 2.41. The van der Waals surface area contributed by atoms with Crippen molar-refractivity contribution in [3.63, 3.8) is 0 Å². The van der Waals surface area contributed by atoms with Crippen LogP contribution < -0.4 is 5.56 Å². The second kappa shape index (κ2) is 5.27. The molecule has 0 saturated heterocycles. The van der Waals surface area contributed by atoms with E-state index in [0.29, 0.717) is 19.4 Å². The molecule has 0 unspecified atom stereocenters. The van der Waals surface area contributed by atoms with Crippen molar-refractivity contribution < 1.29 is 9.53 Å². The highest BCUT2D eigenvalue weighted by atomic mass is 16.5. The molecule has 0 bridgehead atoms. The Morgan fingerprint density at radius 2 is 2.18 bits per heavy atom. The average Bonchev–Trinajstić information content (AvgIpc) is 2.37. The van der Waals surface area contributed by atoms with Gasteiger partial charge in [0.05, 0.1) is 12.2 Å². The third-order valence-corrected chi connectivity index (χ3v) is 3.27. The molecule has 1 aromatic heterocycles. The maximum absolute atomic E-state index is 12.1. The first kappa shape index (κ1) is 12.0. The topological polar surface area (TPSA) is 48.3 Å². The molecule has 92 valence electrons. The number of nitrogens with zero attached hydrogens (tertiary/aromatic N) is 1. The molecule has 0 radical (unpaired) electrons. The van der Waals surface area contributed by atoms with E-state index in [0.717, 1.165) is 36.9 Å². The molecule has 0 spiro atoms. The summed E-state index contributed by atoms with van der Waals surface area (Å²) >= 11 is 0. The van der Waals surface area contributed by atoms with Crippen molar-refractivity contribution in [2.45, 2.75) is 32.2 Å². The van der Waals surface area contributed by atoms with Crippen molar-refractivity contribution in [1.29, 1.82) is 0 Å². The monoisotopic (exact) mass is 235 g/mol. The van der Waals surface area contributed by atoms with Crippen molar-refractivity contribution >= 4 is 6.29 Å². The van der Waals surface area contributed by atoms with Crippen molar-refractivity contribution in [2.75, 3.05) is 13.7 Å². The van der Waals surface area contributed by atoms with Crippen LogP contribution in [0.1, 0.15) is 34.5 Å². The van der Waals surface area contributed by atoms with Crippen molar-refractivity contribution in [3.8, 4) is 0 Å². The standard InChI is InChI=1S/C13H17NO3/c1-17-7-6-14-12-5-3-2-4-10(12)8-11(9-15)13(14)16/h8-9H,2-7H2,1H3. The number of aldehydes is 1. The van der Waals surface area contributed by atoms with Gasteiger partial charge in [-0.1, -0.05) is 0 Å². The zero-order valence-corrected chi connectivity index (χ0v) is 10.1. The highest BCUT2D eigenvalue weighted by Crippen LogP contribution is 2.20. The van der Waals surface area contributed by atoms with E-state index in [9.17, 15) is 9.59 Å². The van der Waals surface area contributed by atoms with Crippen LogP contribution in [0.4, 0.5) is 0 Å². The third-order valence-electron chi connectivity index (χ3n) is 3.27. The zero-order chi connectivity index (χ0) is 12.3. The van der Waals surface area contributed by atoms with Crippen LogP contribution in [0.25, 0.3) is 0 Å². The molecule has 1 heterocycles. The summed E-state index contributed by atoms with van der Waals surface area (Å²) < 4.78 is 6.73. The highest BCUT2D eigenvalue weighted by Gasteiger charge is 2.17. The molecule has 0 aromatic carbocycles. The zero-order valence-electron chi connectivity index (χ0n) is 10.1. The number of hydrogen-bond acceptors (Lipinski definition) is 3. The molecule has 1 aliphatic carbocycles. The van der Waals surface area contributed by atoms with E-state index < -0.39 is 0 Å². The lowest BCUT2D eigenvalue weighted by Gasteiger charge is -2.21. The lowest BCUT2D eigenvalue weighted by Crippen LogP contribution is -2.30. The summed E-state index contributed by atoms with van der Waals surface area (Å²) in [6.45, 7) is 1.02. The number of carbonyl (C=O) groups excluding carboxylic acids is 1. The maximum atomic E-state index is 12.1. The summed E-state index contributed by atoms with van der Waals surface area (Å²) in [5.41, 5.74) is 2.32. The number of ether oxygens (including phenoxy) is 1.